The third kappa shape index (κ3) is 8.12. The smallest absolute Gasteiger partial charge is 0.234 e. The highest BCUT2D eigenvalue weighted by Gasteiger charge is 2.05. The molecule has 3 N–H and O–H groups in total. The van der Waals surface area contributed by atoms with Crippen LogP contribution in [0.25, 0.3) is 0 Å². The van der Waals surface area contributed by atoms with E-state index < -0.39 is 0 Å². The molecule has 0 heterocycles. The van der Waals surface area contributed by atoms with Crippen LogP contribution < -0.4 is 11.1 Å². The van der Waals surface area contributed by atoms with Crippen molar-refractivity contribution in [2.45, 2.75) is 32.2 Å². The van der Waals surface area contributed by atoms with E-state index in [4.69, 9.17) is 5.73 Å². The molecule has 0 fully saturated rings. The number of nitrogens with one attached hydrogen (secondary N) is 1. The Morgan fingerprint density at radius 3 is 2.69 bits per heavy atom. The second-order valence-corrected chi connectivity index (χ2v) is 4.12. The lowest BCUT2D eigenvalue weighted by molar-refractivity contribution is -0.119. The summed E-state index contributed by atoms with van der Waals surface area (Å²) in [6, 6.07) is -0.194. The Kier molecular flexibility index (Phi) is 8.24. The summed E-state index contributed by atoms with van der Waals surface area (Å²) in [5.74, 6) is 0.954. The van der Waals surface area contributed by atoms with Gasteiger partial charge in [0.2, 0.25) is 5.91 Å². The van der Waals surface area contributed by atoms with Crippen LogP contribution in [-0.4, -0.2) is 30.5 Å². The van der Waals surface area contributed by atoms with Crippen molar-refractivity contribution in [1.29, 1.82) is 0 Å². The number of carbonyl (C=O) groups is 1. The number of hydrogen-bond donors (Lipinski definition) is 2. The maximum absolute atomic E-state index is 10.6. The number of carbonyl (C=O) groups excluding carboxylic acids is 1. The third-order valence-corrected chi connectivity index (χ3v) is 2.60. The SMILES string of the molecule is CSCCCCCNC(C)C(N)=O. The van der Waals surface area contributed by atoms with Gasteiger partial charge in [-0.1, -0.05) is 6.42 Å². The van der Waals surface area contributed by atoms with Gasteiger partial charge in [-0.05, 0) is 38.3 Å². The van der Waals surface area contributed by atoms with Crippen LogP contribution in [0.2, 0.25) is 0 Å². The largest absolute Gasteiger partial charge is 0.368 e. The molecule has 0 spiro atoms. The quantitative estimate of drug-likeness (QED) is 0.580. The van der Waals surface area contributed by atoms with E-state index in [9.17, 15) is 4.79 Å². The summed E-state index contributed by atoms with van der Waals surface area (Å²) in [5, 5.41) is 3.08. The second-order valence-electron chi connectivity index (χ2n) is 3.13. The first-order valence-electron chi connectivity index (χ1n) is 4.70. The topological polar surface area (TPSA) is 55.1 Å². The van der Waals surface area contributed by atoms with Gasteiger partial charge in [0.1, 0.15) is 0 Å². The fraction of sp³-hybridized carbons (Fsp3) is 0.889. The van der Waals surface area contributed by atoms with Crippen molar-refractivity contribution >= 4 is 17.7 Å². The summed E-state index contributed by atoms with van der Waals surface area (Å²) >= 11 is 1.88. The monoisotopic (exact) mass is 204 g/mol. The Labute approximate surface area is 84.8 Å². The molecule has 1 amide bonds. The fourth-order valence-electron chi connectivity index (χ4n) is 0.967. The van der Waals surface area contributed by atoms with Crippen LogP contribution in [0.4, 0.5) is 0 Å². The van der Waals surface area contributed by atoms with Crippen LogP contribution >= 0.6 is 11.8 Å². The molecule has 4 heteroatoms. The first-order valence-corrected chi connectivity index (χ1v) is 6.09. The summed E-state index contributed by atoms with van der Waals surface area (Å²) in [4.78, 5) is 10.6. The second kappa shape index (κ2) is 8.38. The molecule has 0 bridgehead atoms. The Balaban J connectivity index is 3.11. The van der Waals surface area contributed by atoms with Gasteiger partial charge >= 0.3 is 0 Å². The summed E-state index contributed by atoms with van der Waals surface area (Å²) in [6.07, 6.45) is 5.72. The molecule has 0 saturated carbocycles. The molecule has 3 nitrogen and oxygen atoms in total. The number of hydrogen-bond acceptors (Lipinski definition) is 3. The molecule has 0 aliphatic carbocycles. The van der Waals surface area contributed by atoms with E-state index in [0.29, 0.717) is 0 Å². The maximum atomic E-state index is 10.6. The van der Waals surface area contributed by atoms with Crippen LogP contribution in [0.1, 0.15) is 26.2 Å². The maximum Gasteiger partial charge on any atom is 0.234 e. The Hall–Kier alpha value is -0.220. The van der Waals surface area contributed by atoms with Crippen molar-refractivity contribution in [2.75, 3.05) is 18.6 Å². The standard InChI is InChI=1S/C9H20N2OS/c1-8(9(10)12)11-6-4-3-5-7-13-2/h8,11H,3-7H2,1-2H3,(H2,10,12). The molecule has 0 saturated heterocycles. The Morgan fingerprint density at radius 1 is 1.46 bits per heavy atom. The van der Waals surface area contributed by atoms with Gasteiger partial charge in [0.25, 0.3) is 0 Å². The van der Waals surface area contributed by atoms with E-state index in [-0.39, 0.29) is 11.9 Å². The van der Waals surface area contributed by atoms with E-state index in [2.05, 4.69) is 11.6 Å². The van der Waals surface area contributed by atoms with Crippen molar-refractivity contribution in [2.24, 2.45) is 5.73 Å². The van der Waals surface area contributed by atoms with Crippen LogP contribution in [0.3, 0.4) is 0 Å². The van der Waals surface area contributed by atoms with Gasteiger partial charge < -0.3 is 11.1 Å². The lowest BCUT2D eigenvalue weighted by Gasteiger charge is -2.08. The first kappa shape index (κ1) is 12.8. The third-order valence-electron chi connectivity index (χ3n) is 1.90. The van der Waals surface area contributed by atoms with Crippen LogP contribution in [0.5, 0.6) is 0 Å². The van der Waals surface area contributed by atoms with Crippen molar-refractivity contribution in [3.8, 4) is 0 Å². The highest BCUT2D eigenvalue weighted by molar-refractivity contribution is 7.98. The minimum Gasteiger partial charge on any atom is -0.368 e. The molecular formula is C9H20N2OS. The molecule has 78 valence electrons. The molecule has 0 aliphatic rings. The van der Waals surface area contributed by atoms with E-state index >= 15 is 0 Å². The first-order chi connectivity index (χ1) is 6.18. The van der Waals surface area contributed by atoms with Gasteiger partial charge in [0.15, 0.2) is 0 Å². The molecule has 1 atom stereocenters. The highest BCUT2D eigenvalue weighted by atomic mass is 32.2. The van der Waals surface area contributed by atoms with Gasteiger partial charge in [0, 0.05) is 0 Å². The predicted molar refractivity (Wildman–Crippen MR) is 58.9 cm³/mol. The number of unbranched alkanes of at least 4 members (excludes halogenated alkanes) is 2. The number of rotatable bonds is 8. The lowest BCUT2D eigenvalue weighted by Crippen LogP contribution is -2.39. The molecule has 1 unspecified atom stereocenters. The zero-order valence-electron chi connectivity index (χ0n) is 8.51. The molecule has 0 aliphatic heterocycles. The number of amides is 1. The zero-order valence-corrected chi connectivity index (χ0v) is 9.32. The molecule has 0 radical (unpaired) electrons. The van der Waals surface area contributed by atoms with Gasteiger partial charge in [-0.2, -0.15) is 11.8 Å². The minimum atomic E-state index is -0.274. The summed E-state index contributed by atoms with van der Waals surface area (Å²) < 4.78 is 0. The molecule has 0 aromatic rings. The van der Waals surface area contributed by atoms with Crippen molar-refractivity contribution in [1.82, 2.24) is 5.32 Å². The fourth-order valence-corrected chi connectivity index (χ4v) is 1.46. The molecule has 0 rings (SSSR count). The van der Waals surface area contributed by atoms with Crippen molar-refractivity contribution in [3.63, 3.8) is 0 Å². The number of thioether (sulfide) groups is 1. The van der Waals surface area contributed by atoms with Gasteiger partial charge in [-0.25, -0.2) is 0 Å². The Morgan fingerprint density at radius 2 is 2.15 bits per heavy atom. The van der Waals surface area contributed by atoms with Crippen LogP contribution in [-0.2, 0) is 4.79 Å². The van der Waals surface area contributed by atoms with E-state index in [0.717, 1.165) is 13.0 Å². The predicted octanol–water partition coefficient (Wildman–Crippen LogP) is 0.983. The lowest BCUT2D eigenvalue weighted by atomic mass is 10.2. The number of nitrogens with two attached hydrogens (primary N) is 1. The van der Waals surface area contributed by atoms with E-state index in [1.54, 1.807) is 6.92 Å². The van der Waals surface area contributed by atoms with Crippen molar-refractivity contribution < 1.29 is 4.79 Å². The average molecular weight is 204 g/mol. The zero-order chi connectivity index (χ0) is 10.1. The van der Waals surface area contributed by atoms with Crippen LogP contribution in [0, 0.1) is 0 Å². The van der Waals surface area contributed by atoms with E-state index in [1.807, 2.05) is 11.8 Å². The van der Waals surface area contributed by atoms with Gasteiger partial charge in [-0.3, -0.25) is 4.79 Å². The van der Waals surface area contributed by atoms with Gasteiger partial charge in [-0.15, -0.1) is 0 Å². The highest BCUT2D eigenvalue weighted by Crippen LogP contribution is 2.01. The average Bonchev–Trinajstić information content (AvgIpc) is 2.10. The molecule has 13 heavy (non-hydrogen) atoms. The normalized spacial score (nSPS) is 12.8. The summed E-state index contributed by atoms with van der Waals surface area (Å²) in [7, 11) is 0. The van der Waals surface area contributed by atoms with Gasteiger partial charge in [0.05, 0.1) is 6.04 Å². The minimum absolute atomic E-state index is 0.194. The number of primary amides is 1. The van der Waals surface area contributed by atoms with Crippen molar-refractivity contribution in [3.05, 3.63) is 0 Å². The summed E-state index contributed by atoms with van der Waals surface area (Å²) in [6.45, 7) is 2.68. The van der Waals surface area contributed by atoms with Crippen LogP contribution in [0.15, 0.2) is 0 Å². The molecular weight excluding hydrogens is 184 g/mol. The summed E-state index contributed by atoms with van der Waals surface area (Å²) in [5.41, 5.74) is 5.09. The molecule has 0 aromatic carbocycles. The Bertz CT molecular complexity index is 142. The molecule has 0 aromatic heterocycles. The van der Waals surface area contributed by atoms with E-state index in [1.165, 1.54) is 18.6 Å².